The Kier molecular flexibility index (Phi) is 3.48. The number of anilines is 1. The van der Waals surface area contributed by atoms with E-state index in [0.717, 1.165) is 5.56 Å². The number of carbonyl (C=O) groups is 1. The van der Waals surface area contributed by atoms with Crippen LogP contribution < -0.4 is 5.73 Å². The molecule has 0 aliphatic heterocycles. The van der Waals surface area contributed by atoms with Gasteiger partial charge in [-0.3, -0.25) is 4.68 Å². The van der Waals surface area contributed by atoms with Gasteiger partial charge in [-0.2, -0.15) is 10.4 Å². The summed E-state index contributed by atoms with van der Waals surface area (Å²) in [6.07, 6.45) is 1.56. The van der Waals surface area contributed by atoms with E-state index >= 15 is 0 Å². The number of nitrogen functional groups attached to an aromatic ring is 1. The summed E-state index contributed by atoms with van der Waals surface area (Å²) in [5.74, 6) is -0.568. The van der Waals surface area contributed by atoms with Crippen LogP contribution in [0.4, 0.5) is 5.69 Å². The summed E-state index contributed by atoms with van der Waals surface area (Å²) in [6.45, 7) is 0.427. The van der Waals surface area contributed by atoms with Crippen LogP contribution in [0.3, 0.4) is 0 Å². The molecule has 0 aliphatic rings. The molecule has 1 aromatic heterocycles. The first kappa shape index (κ1) is 12.6. The maximum Gasteiger partial charge on any atom is 0.360 e. The number of rotatable bonds is 3. The molecule has 1 aromatic carbocycles. The SMILES string of the molecule is COC(=O)c1nn(Cc2cccc(C#N)c2)cc1N. The predicted octanol–water partition coefficient (Wildman–Crippen LogP) is 1.17. The van der Waals surface area contributed by atoms with Gasteiger partial charge in [-0.15, -0.1) is 0 Å². The largest absolute Gasteiger partial charge is 0.464 e. The summed E-state index contributed by atoms with van der Waals surface area (Å²) in [4.78, 5) is 11.4. The molecule has 6 nitrogen and oxygen atoms in total. The Hall–Kier alpha value is -2.81. The molecule has 0 radical (unpaired) electrons. The number of nitriles is 1. The van der Waals surface area contributed by atoms with Gasteiger partial charge < -0.3 is 10.5 Å². The highest BCUT2D eigenvalue weighted by Crippen LogP contribution is 2.12. The Labute approximate surface area is 110 Å². The van der Waals surface area contributed by atoms with Crippen LogP contribution in [0.15, 0.2) is 30.5 Å². The lowest BCUT2D eigenvalue weighted by Crippen LogP contribution is -2.07. The third-order valence-electron chi connectivity index (χ3n) is 2.57. The lowest BCUT2D eigenvalue weighted by Gasteiger charge is -2.01. The second-order valence-electron chi connectivity index (χ2n) is 3.93. The van der Waals surface area contributed by atoms with Gasteiger partial charge in [0.25, 0.3) is 0 Å². The molecule has 1 heterocycles. The normalized spacial score (nSPS) is 9.89. The predicted molar refractivity (Wildman–Crippen MR) is 68.2 cm³/mol. The Bertz CT molecular complexity index is 655. The fraction of sp³-hybridized carbons (Fsp3) is 0.154. The van der Waals surface area contributed by atoms with E-state index in [4.69, 9.17) is 11.0 Å². The number of nitrogens with two attached hydrogens (primary N) is 1. The quantitative estimate of drug-likeness (QED) is 0.832. The number of carbonyl (C=O) groups excluding carboxylic acids is 1. The summed E-state index contributed by atoms with van der Waals surface area (Å²) in [5, 5.41) is 12.9. The fourth-order valence-electron chi connectivity index (χ4n) is 1.70. The van der Waals surface area contributed by atoms with E-state index in [1.165, 1.54) is 11.8 Å². The minimum absolute atomic E-state index is 0.0962. The van der Waals surface area contributed by atoms with Gasteiger partial charge in [-0.1, -0.05) is 12.1 Å². The van der Waals surface area contributed by atoms with Crippen molar-refractivity contribution in [3.05, 3.63) is 47.3 Å². The maximum atomic E-state index is 11.4. The molecule has 2 rings (SSSR count). The summed E-state index contributed by atoms with van der Waals surface area (Å²) < 4.78 is 6.12. The molecular formula is C13H12N4O2. The minimum atomic E-state index is -0.568. The number of hydrogen-bond acceptors (Lipinski definition) is 5. The summed E-state index contributed by atoms with van der Waals surface area (Å²) >= 11 is 0. The Morgan fingerprint density at radius 3 is 3.05 bits per heavy atom. The molecule has 0 bridgehead atoms. The zero-order valence-corrected chi connectivity index (χ0v) is 10.3. The molecule has 0 saturated carbocycles. The molecule has 0 atom stereocenters. The molecule has 0 spiro atoms. The number of aromatic nitrogens is 2. The third kappa shape index (κ3) is 2.72. The minimum Gasteiger partial charge on any atom is -0.464 e. The van der Waals surface area contributed by atoms with Crippen LogP contribution in [-0.4, -0.2) is 22.9 Å². The van der Waals surface area contributed by atoms with Gasteiger partial charge in [-0.05, 0) is 17.7 Å². The van der Waals surface area contributed by atoms with Crippen molar-refractivity contribution >= 4 is 11.7 Å². The lowest BCUT2D eigenvalue weighted by atomic mass is 10.1. The molecule has 0 saturated heterocycles. The van der Waals surface area contributed by atoms with Crippen molar-refractivity contribution in [2.75, 3.05) is 12.8 Å². The van der Waals surface area contributed by atoms with Crippen molar-refractivity contribution in [3.63, 3.8) is 0 Å². The van der Waals surface area contributed by atoms with Crippen LogP contribution in [0.1, 0.15) is 21.6 Å². The van der Waals surface area contributed by atoms with Crippen LogP contribution in [-0.2, 0) is 11.3 Å². The first-order chi connectivity index (χ1) is 9.13. The second-order valence-corrected chi connectivity index (χ2v) is 3.93. The summed E-state index contributed by atoms with van der Waals surface area (Å²) in [7, 11) is 1.27. The van der Waals surface area contributed by atoms with E-state index in [0.29, 0.717) is 12.1 Å². The van der Waals surface area contributed by atoms with Crippen molar-refractivity contribution in [1.82, 2.24) is 9.78 Å². The van der Waals surface area contributed by atoms with Crippen molar-refractivity contribution in [3.8, 4) is 6.07 Å². The average Bonchev–Trinajstić information content (AvgIpc) is 2.79. The van der Waals surface area contributed by atoms with Crippen LogP contribution in [0, 0.1) is 11.3 Å². The van der Waals surface area contributed by atoms with Crippen molar-refractivity contribution in [2.45, 2.75) is 6.54 Å². The van der Waals surface area contributed by atoms with Crippen molar-refractivity contribution in [2.24, 2.45) is 0 Å². The number of esters is 1. The van der Waals surface area contributed by atoms with Gasteiger partial charge in [0.05, 0.1) is 31.0 Å². The highest BCUT2D eigenvalue weighted by atomic mass is 16.5. The number of hydrogen-bond donors (Lipinski definition) is 1. The van der Waals surface area contributed by atoms with Gasteiger partial charge in [0.15, 0.2) is 5.69 Å². The zero-order chi connectivity index (χ0) is 13.8. The molecule has 0 amide bonds. The van der Waals surface area contributed by atoms with Gasteiger partial charge in [0, 0.05) is 6.20 Å². The van der Waals surface area contributed by atoms with E-state index in [1.54, 1.807) is 24.4 Å². The van der Waals surface area contributed by atoms with Crippen LogP contribution >= 0.6 is 0 Å². The van der Waals surface area contributed by atoms with Crippen LogP contribution in [0.5, 0.6) is 0 Å². The third-order valence-corrected chi connectivity index (χ3v) is 2.57. The van der Waals surface area contributed by atoms with Gasteiger partial charge in [0.1, 0.15) is 0 Å². The van der Waals surface area contributed by atoms with Gasteiger partial charge in [-0.25, -0.2) is 4.79 Å². The first-order valence-corrected chi connectivity index (χ1v) is 5.54. The highest BCUT2D eigenvalue weighted by molar-refractivity contribution is 5.92. The molecule has 2 N–H and O–H groups in total. The number of ether oxygens (including phenoxy) is 1. The van der Waals surface area contributed by atoms with Crippen molar-refractivity contribution in [1.29, 1.82) is 5.26 Å². The summed E-state index contributed by atoms with van der Waals surface area (Å²) in [5.41, 5.74) is 7.53. The molecule has 0 unspecified atom stereocenters. The topological polar surface area (TPSA) is 93.9 Å². The lowest BCUT2D eigenvalue weighted by molar-refractivity contribution is 0.0594. The standard InChI is InChI=1S/C13H12N4O2/c1-19-13(18)12-11(15)8-17(16-12)7-10-4-2-3-9(5-10)6-14/h2-5,8H,7,15H2,1H3. The average molecular weight is 256 g/mol. The molecule has 0 fully saturated rings. The molecule has 2 aromatic rings. The van der Waals surface area contributed by atoms with Crippen LogP contribution in [0.25, 0.3) is 0 Å². The number of methoxy groups -OCH3 is 1. The molecular weight excluding hydrogens is 244 g/mol. The molecule has 0 aliphatic carbocycles. The van der Waals surface area contributed by atoms with E-state index in [1.807, 2.05) is 6.07 Å². The van der Waals surface area contributed by atoms with E-state index < -0.39 is 5.97 Å². The van der Waals surface area contributed by atoms with Crippen molar-refractivity contribution < 1.29 is 9.53 Å². The Balaban J connectivity index is 2.24. The first-order valence-electron chi connectivity index (χ1n) is 5.54. The Morgan fingerprint density at radius 1 is 1.58 bits per heavy atom. The van der Waals surface area contributed by atoms with Gasteiger partial charge in [0.2, 0.25) is 0 Å². The molecule has 19 heavy (non-hydrogen) atoms. The summed E-state index contributed by atoms with van der Waals surface area (Å²) in [6, 6.07) is 9.22. The fourth-order valence-corrected chi connectivity index (χ4v) is 1.70. The number of nitrogens with zero attached hydrogens (tertiary/aromatic N) is 3. The number of benzene rings is 1. The molecule has 96 valence electrons. The zero-order valence-electron chi connectivity index (χ0n) is 10.3. The van der Waals surface area contributed by atoms with Crippen LogP contribution in [0.2, 0.25) is 0 Å². The Morgan fingerprint density at radius 2 is 2.37 bits per heavy atom. The van der Waals surface area contributed by atoms with E-state index in [2.05, 4.69) is 15.9 Å². The monoisotopic (exact) mass is 256 g/mol. The van der Waals surface area contributed by atoms with E-state index in [-0.39, 0.29) is 11.4 Å². The second kappa shape index (κ2) is 5.23. The van der Waals surface area contributed by atoms with Gasteiger partial charge >= 0.3 is 5.97 Å². The smallest absolute Gasteiger partial charge is 0.360 e. The van der Waals surface area contributed by atoms with E-state index in [9.17, 15) is 4.79 Å². The molecule has 6 heteroatoms. The highest BCUT2D eigenvalue weighted by Gasteiger charge is 2.15. The maximum absolute atomic E-state index is 11.4.